The van der Waals surface area contributed by atoms with Crippen LogP contribution in [-0.4, -0.2) is 0 Å². The predicted molar refractivity (Wildman–Crippen MR) is 62.1 cm³/mol. The van der Waals surface area contributed by atoms with Gasteiger partial charge in [-0.15, -0.1) is 9.24 Å². The van der Waals surface area contributed by atoms with Gasteiger partial charge in [-0.3, -0.25) is 0 Å². The molecule has 2 rings (SSSR count). The van der Waals surface area contributed by atoms with E-state index in [1.54, 1.807) is 0 Å². The van der Waals surface area contributed by atoms with E-state index in [1.807, 2.05) is 0 Å². The van der Waals surface area contributed by atoms with Gasteiger partial charge >= 0.3 is 0 Å². The maximum Gasteiger partial charge on any atom is -0.00426 e. The van der Waals surface area contributed by atoms with Gasteiger partial charge in [-0.05, 0) is 22.0 Å². The molecule has 0 spiro atoms. The highest BCUT2D eigenvalue weighted by atomic mass is 31.0. The number of benzene rings is 2. The first-order chi connectivity index (χ1) is 6.27. The summed E-state index contributed by atoms with van der Waals surface area (Å²) in [6.45, 7) is 2.19. The van der Waals surface area contributed by atoms with Crippen molar-refractivity contribution in [2.75, 3.05) is 0 Å². The lowest BCUT2D eigenvalue weighted by Gasteiger charge is -2.06. The minimum absolute atomic E-state index is 0.532. The van der Waals surface area contributed by atoms with Gasteiger partial charge in [0.1, 0.15) is 0 Å². The molecule has 0 radical (unpaired) electrons. The Labute approximate surface area is 81.2 Å². The first-order valence-corrected chi connectivity index (χ1v) is 5.18. The lowest BCUT2D eigenvalue weighted by Crippen LogP contribution is -1.82. The van der Waals surface area contributed by atoms with Gasteiger partial charge in [0.05, 0.1) is 0 Å². The van der Waals surface area contributed by atoms with Gasteiger partial charge in [-0.1, -0.05) is 49.4 Å². The minimum Gasteiger partial charge on any atom is -0.130 e. The topological polar surface area (TPSA) is 0 Å². The Morgan fingerprint density at radius 1 is 1.00 bits per heavy atom. The van der Waals surface area contributed by atoms with Crippen LogP contribution < -0.4 is 0 Å². The Balaban J connectivity index is 2.62. The van der Waals surface area contributed by atoms with Crippen LogP contribution in [0.1, 0.15) is 18.1 Å². The van der Waals surface area contributed by atoms with Crippen molar-refractivity contribution < 1.29 is 0 Å². The first kappa shape index (κ1) is 8.72. The largest absolute Gasteiger partial charge is 0.130 e. The SMILES string of the molecule is CC(P)c1ccc2ccccc2c1. The van der Waals surface area contributed by atoms with Crippen LogP contribution in [0.15, 0.2) is 42.5 Å². The fourth-order valence-corrected chi connectivity index (χ4v) is 1.70. The van der Waals surface area contributed by atoms with Crippen LogP contribution >= 0.6 is 9.24 Å². The molecule has 0 aliphatic rings. The summed E-state index contributed by atoms with van der Waals surface area (Å²) >= 11 is 0. The van der Waals surface area contributed by atoms with E-state index in [9.17, 15) is 0 Å². The molecule has 2 aromatic rings. The predicted octanol–water partition coefficient (Wildman–Crippen LogP) is 3.78. The molecular weight excluding hydrogens is 175 g/mol. The minimum atomic E-state index is 0.532. The second kappa shape index (κ2) is 3.47. The molecular formula is C12H13P. The number of fused-ring (bicyclic) bond motifs is 1. The van der Waals surface area contributed by atoms with E-state index in [2.05, 4.69) is 58.6 Å². The molecule has 0 aliphatic carbocycles. The number of hydrogen-bond acceptors (Lipinski definition) is 0. The molecule has 0 bridgehead atoms. The Morgan fingerprint density at radius 3 is 2.38 bits per heavy atom. The highest BCUT2D eigenvalue weighted by Gasteiger charge is 1.99. The average molecular weight is 188 g/mol. The van der Waals surface area contributed by atoms with Crippen LogP contribution in [0.4, 0.5) is 0 Å². The monoisotopic (exact) mass is 188 g/mol. The van der Waals surface area contributed by atoms with Crippen LogP contribution in [-0.2, 0) is 0 Å². The molecule has 2 unspecified atom stereocenters. The van der Waals surface area contributed by atoms with Crippen molar-refractivity contribution >= 4 is 20.0 Å². The Kier molecular flexibility index (Phi) is 2.33. The number of rotatable bonds is 1. The molecule has 0 N–H and O–H groups in total. The molecule has 66 valence electrons. The van der Waals surface area contributed by atoms with E-state index in [1.165, 1.54) is 16.3 Å². The summed E-state index contributed by atoms with van der Waals surface area (Å²) in [5.74, 6) is 0. The molecule has 13 heavy (non-hydrogen) atoms. The summed E-state index contributed by atoms with van der Waals surface area (Å²) in [6, 6.07) is 15.1. The molecule has 0 saturated carbocycles. The Morgan fingerprint density at radius 2 is 1.69 bits per heavy atom. The van der Waals surface area contributed by atoms with Crippen molar-refractivity contribution in [3.05, 3.63) is 48.0 Å². The van der Waals surface area contributed by atoms with Crippen LogP contribution in [0.3, 0.4) is 0 Å². The number of hydrogen-bond donors (Lipinski definition) is 0. The molecule has 2 aromatic carbocycles. The van der Waals surface area contributed by atoms with Gasteiger partial charge in [-0.25, -0.2) is 0 Å². The van der Waals surface area contributed by atoms with Crippen molar-refractivity contribution in [3.63, 3.8) is 0 Å². The van der Waals surface area contributed by atoms with Crippen molar-refractivity contribution in [1.29, 1.82) is 0 Å². The molecule has 0 aliphatic heterocycles. The Hall–Kier alpha value is -0.870. The second-order valence-electron chi connectivity index (χ2n) is 3.40. The molecule has 0 heterocycles. The van der Waals surface area contributed by atoms with E-state index < -0.39 is 0 Å². The fraction of sp³-hybridized carbons (Fsp3) is 0.167. The van der Waals surface area contributed by atoms with Crippen LogP contribution in [0, 0.1) is 0 Å². The summed E-state index contributed by atoms with van der Waals surface area (Å²) in [6.07, 6.45) is 0. The van der Waals surface area contributed by atoms with Gasteiger partial charge in [0.2, 0.25) is 0 Å². The quantitative estimate of drug-likeness (QED) is 0.597. The van der Waals surface area contributed by atoms with E-state index in [-0.39, 0.29) is 0 Å². The summed E-state index contributed by atoms with van der Waals surface area (Å²) < 4.78 is 0. The zero-order chi connectivity index (χ0) is 9.26. The summed E-state index contributed by atoms with van der Waals surface area (Å²) in [4.78, 5) is 0. The first-order valence-electron chi connectivity index (χ1n) is 4.51. The van der Waals surface area contributed by atoms with Gasteiger partial charge in [-0.2, -0.15) is 0 Å². The van der Waals surface area contributed by atoms with Crippen LogP contribution in [0.2, 0.25) is 0 Å². The lowest BCUT2D eigenvalue weighted by atomic mass is 10.1. The van der Waals surface area contributed by atoms with Gasteiger partial charge in [0, 0.05) is 0 Å². The zero-order valence-electron chi connectivity index (χ0n) is 7.70. The lowest BCUT2D eigenvalue weighted by molar-refractivity contribution is 1.11. The van der Waals surface area contributed by atoms with E-state index >= 15 is 0 Å². The summed E-state index contributed by atoms with van der Waals surface area (Å²) in [7, 11) is 2.82. The van der Waals surface area contributed by atoms with Gasteiger partial charge < -0.3 is 0 Å². The third-order valence-electron chi connectivity index (χ3n) is 2.30. The maximum atomic E-state index is 2.82. The highest BCUT2D eigenvalue weighted by molar-refractivity contribution is 7.17. The highest BCUT2D eigenvalue weighted by Crippen LogP contribution is 2.25. The molecule has 0 saturated heterocycles. The molecule has 2 atom stereocenters. The normalized spacial score (nSPS) is 13.1. The van der Waals surface area contributed by atoms with Crippen molar-refractivity contribution in [2.24, 2.45) is 0 Å². The molecule has 0 amide bonds. The smallest absolute Gasteiger partial charge is 0.00426 e. The standard InChI is InChI=1S/C12H13P/c1-9(13)11-7-6-10-4-2-3-5-12(10)8-11/h2-9H,13H2,1H3. The summed E-state index contributed by atoms with van der Waals surface area (Å²) in [5.41, 5.74) is 1.91. The second-order valence-corrected chi connectivity index (χ2v) is 4.40. The molecule has 1 heteroatoms. The van der Waals surface area contributed by atoms with Crippen molar-refractivity contribution in [1.82, 2.24) is 0 Å². The summed E-state index contributed by atoms with van der Waals surface area (Å²) in [5, 5.41) is 2.64. The zero-order valence-corrected chi connectivity index (χ0v) is 8.85. The maximum absolute atomic E-state index is 2.82. The van der Waals surface area contributed by atoms with Crippen molar-refractivity contribution in [3.8, 4) is 0 Å². The van der Waals surface area contributed by atoms with E-state index in [0.717, 1.165) is 0 Å². The Bertz CT molecular complexity index is 418. The van der Waals surface area contributed by atoms with Crippen LogP contribution in [0.25, 0.3) is 10.8 Å². The van der Waals surface area contributed by atoms with E-state index in [4.69, 9.17) is 0 Å². The third kappa shape index (κ3) is 1.73. The van der Waals surface area contributed by atoms with Gasteiger partial charge in [0.25, 0.3) is 0 Å². The van der Waals surface area contributed by atoms with Crippen LogP contribution in [0.5, 0.6) is 0 Å². The van der Waals surface area contributed by atoms with E-state index in [0.29, 0.717) is 5.66 Å². The average Bonchev–Trinajstić information content (AvgIpc) is 2.17. The molecule has 0 aromatic heterocycles. The molecule has 0 nitrogen and oxygen atoms in total. The van der Waals surface area contributed by atoms with Crippen molar-refractivity contribution in [2.45, 2.75) is 12.6 Å². The van der Waals surface area contributed by atoms with Gasteiger partial charge in [0.15, 0.2) is 0 Å². The third-order valence-corrected chi connectivity index (χ3v) is 2.68. The fourth-order valence-electron chi connectivity index (χ4n) is 1.49. The molecule has 0 fully saturated rings.